The fraction of sp³-hybridized carbons (Fsp3) is 0.500. The van der Waals surface area contributed by atoms with Gasteiger partial charge in [0, 0.05) is 19.6 Å². The predicted octanol–water partition coefficient (Wildman–Crippen LogP) is 1.40. The molecule has 0 radical (unpaired) electrons. The Morgan fingerprint density at radius 2 is 2.18 bits per heavy atom. The molecule has 1 aromatic carbocycles. The third kappa shape index (κ3) is 2.34. The predicted molar refractivity (Wildman–Crippen MR) is 66.6 cm³/mol. The molecule has 1 fully saturated rings. The highest BCUT2D eigenvalue weighted by Crippen LogP contribution is 2.28. The van der Waals surface area contributed by atoms with Gasteiger partial charge in [0.15, 0.2) is 0 Å². The van der Waals surface area contributed by atoms with Crippen LogP contribution in [0.3, 0.4) is 0 Å². The van der Waals surface area contributed by atoms with Crippen LogP contribution in [0.5, 0.6) is 0 Å². The molecule has 1 heterocycles. The highest BCUT2D eigenvalue weighted by atomic mass is 16.1. The van der Waals surface area contributed by atoms with E-state index in [1.54, 1.807) is 0 Å². The number of carbonyl (C=O) groups excluding carboxylic acids is 1. The quantitative estimate of drug-likeness (QED) is 0.824. The second kappa shape index (κ2) is 4.49. The second-order valence-electron chi connectivity index (χ2n) is 5.07. The summed E-state index contributed by atoms with van der Waals surface area (Å²) in [6.07, 6.45) is 2.56. The van der Waals surface area contributed by atoms with Crippen LogP contribution >= 0.6 is 0 Å². The topological polar surface area (TPSA) is 41.1 Å². The molecule has 1 saturated carbocycles. The van der Waals surface area contributed by atoms with Gasteiger partial charge in [0.05, 0.1) is 5.92 Å². The van der Waals surface area contributed by atoms with Crippen molar-refractivity contribution in [3.8, 4) is 0 Å². The average Bonchev–Trinajstić information content (AvgIpc) is 3.19. The zero-order valence-electron chi connectivity index (χ0n) is 9.91. The van der Waals surface area contributed by atoms with Gasteiger partial charge in [0.25, 0.3) is 0 Å². The number of hydrogen-bond donors (Lipinski definition) is 2. The van der Waals surface area contributed by atoms with E-state index in [0.29, 0.717) is 0 Å². The van der Waals surface area contributed by atoms with Crippen LogP contribution in [0.4, 0.5) is 0 Å². The summed E-state index contributed by atoms with van der Waals surface area (Å²) in [5.41, 5.74) is 2.45. The number of nitrogens with one attached hydrogen (secondary N) is 2. The van der Waals surface area contributed by atoms with E-state index in [1.807, 2.05) is 12.1 Å². The lowest BCUT2D eigenvalue weighted by Crippen LogP contribution is -2.39. The molecule has 3 rings (SSSR count). The zero-order valence-corrected chi connectivity index (χ0v) is 9.91. The van der Waals surface area contributed by atoms with Gasteiger partial charge >= 0.3 is 0 Å². The van der Waals surface area contributed by atoms with Crippen molar-refractivity contribution in [2.24, 2.45) is 5.92 Å². The van der Waals surface area contributed by atoms with Gasteiger partial charge in [-0.25, -0.2) is 0 Å². The summed E-state index contributed by atoms with van der Waals surface area (Å²) >= 11 is 0. The van der Waals surface area contributed by atoms with E-state index in [2.05, 4.69) is 22.8 Å². The van der Waals surface area contributed by atoms with Crippen LogP contribution in [0.15, 0.2) is 24.3 Å². The Kier molecular flexibility index (Phi) is 2.85. The summed E-state index contributed by atoms with van der Waals surface area (Å²) in [4.78, 5) is 12.1. The second-order valence-corrected chi connectivity index (χ2v) is 5.07. The summed E-state index contributed by atoms with van der Waals surface area (Å²) in [5.74, 6) is 0.904. The number of fused-ring (bicyclic) bond motifs is 1. The van der Waals surface area contributed by atoms with Crippen molar-refractivity contribution in [2.75, 3.05) is 13.1 Å². The van der Waals surface area contributed by atoms with E-state index >= 15 is 0 Å². The summed E-state index contributed by atoms with van der Waals surface area (Å²) < 4.78 is 0. The van der Waals surface area contributed by atoms with Crippen LogP contribution < -0.4 is 10.6 Å². The summed E-state index contributed by atoms with van der Waals surface area (Å²) in [6, 6.07) is 8.23. The first kappa shape index (κ1) is 10.8. The molecule has 1 atom stereocenters. The van der Waals surface area contributed by atoms with E-state index < -0.39 is 0 Å². The molecule has 1 aliphatic carbocycles. The average molecular weight is 230 g/mol. The summed E-state index contributed by atoms with van der Waals surface area (Å²) in [7, 11) is 0. The molecular weight excluding hydrogens is 212 g/mol. The lowest BCUT2D eigenvalue weighted by Gasteiger charge is -2.25. The van der Waals surface area contributed by atoms with Crippen molar-refractivity contribution in [3.63, 3.8) is 0 Å². The number of amides is 1. The SMILES string of the molecule is O=C(NCC1CC1)C1CNCc2ccccc21. The molecular formula is C14H18N2O. The first-order valence-corrected chi connectivity index (χ1v) is 6.41. The maximum atomic E-state index is 12.1. The molecule has 17 heavy (non-hydrogen) atoms. The van der Waals surface area contributed by atoms with Gasteiger partial charge in [0.1, 0.15) is 0 Å². The van der Waals surface area contributed by atoms with Crippen LogP contribution in [-0.2, 0) is 11.3 Å². The van der Waals surface area contributed by atoms with Gasteiger partial charge in [-0.1, -0.05) is 24.3 Å². The molecule has 3 heteroatoms. The third-order valence-electron chi connectivity index (χ3n) is 3.67. The third-order valence-corrected chi connectivity index (χ3v) is 3.67. The minimum atomic E-state index is -0.0151. The summed E-state index contributed by atoms with van der Waals surface area (Å²) in [6.45, 7) is 2.49. The van der Waals surface area contributed by atoms with Crippen molar-refractivity contribution in [2.45, 2.75) is 25.3 Å². The zero-order chi connectivity index (χ0) is 11.7. The van der Waals surface area contributed by atoms with E-state index in [0.717, 1.165) is 25.6 Å². The van der Waals surface area contributed by atoms with Crippen molar-refractivity contribution in [1.82, 2.24) is 10.6 Å². The van der Waals surface area contributed by atoms with Crippen LogP contribution in [0, 0.1) is 5.92 Å². The highest BCUT2D eigenvalue weighted by molar-refractivity contribution is 5.84. The Morgan fingerprint density at radius 1 is 1.35 bits per heavy atom. The molecule has 1 aliphatic heterocycles. The van der Waals surface area contributed by atoms with Crippen molar-refractivity contribution >= 4 is 5.91 Å². The summed E-state index contributed by atoms with van der Waals surface area (Å²) in [5, 5.41) is 6.39. The maximum Gasteiger partial charge on any atom is 0.228 e. The minimum Gasteiger partial charge on any atom is -0.355 e. The Bertz CT molecular complexity index is 426. The van der Waals surface area contributed by atoms with E-state index in [4.69, 9.17) is 0 Å². The van der Waals surface area contributed by atoms with Gasteiger partial charge in [0.2, 0.25) is 5.91 Å². The smallest absolute Gasteiger partial charge is 0.228 e. The van der Waals surface area contributed by atoms with Crippen molar-refractivity contribution in [1.29, 1.82) is 0 Å². The number of benzene rings is 1. The largest absolute Gasteiger partial charge is 0.355 e. The van der Waals surface area contributed by atoms with Gasteiger partial charge < -0.3 is 10.6 Å². The lowest BCUT2D eigenvalue weighted by atomic mass is 9.90. The molecule has 0 bridgehead atoms. The maximum absolute atomic E-state index is 12.1. The molecule has 1 aromatic rings. The molecule has 3 nitrogen and oxygen atoms in total. The first-order valence-electron chi connectivity index (χ1n) is 6.41. The normalized spacial score (nSPS) is 22.9. The Labute approximate surface area is 102 Å². The number of carbonyl (C=O) groups is 1. The van der Waals surface area contributed by atoms with E-state index in [-0.39, 0.29) is 11.8 Å². The highest BCUT2D eigenvalue weighted by Gasteiger charge is 2.28. The van der Waals surface area contributed by atoms with Crippen LogP contribution in [-0.4, -0.2) is 19.0 Å². The molecule has 1 amide bonds. The van der Waals surface area contributed by atoms with Crippen molar-refractivity contribution < 1.29 is 4.79 Å². The molecule has 0 saturated heterocycles. The molecule has 2 N–H and O–H groups in total. The van der Waals surface area contributed by atoms with Crippen molar-refractivity contribution in [3.05, 3.63) is 35.4 Å². The Hall–Kier alpha value is -1.35. The molecule has 0 aromatic heterocycles. The monoisotopic (exact) mass is 230 g/mol. The fourth-order valence-electron chi connectivity index (χ4n) is 2.42. The molecule has 90 valence electrons. The fourth-order valence-corrected chi connectivity index (χ4v) is 2.42. The van der Waals surface area contributed by atoms with Gasteiger partial charge in [-0.3, -0.25) is 4.79 Å². The number of rotatable bonds is 3. The Morgan fingerprint density at radius 3 is 3.00 bits per heavy atom. The van der Waals surface area contributed by atoms with Gasteiger partial charge in [-0.05, 0) is 29.9 Å². The first-order chi connectivity index (χ1) is 8.34. The van der Waals surface area contributed by atoms with Crippen LogP contribution in [0.2, 0.25) is 0 Å². The van der Waals surface area contributed by atoms with Gasteiger partial charge in [-0.2, -0.15) is 0 Å². The molecule has 0 spiro atoms. The van der Waals surface area contributed by atoms with Gasteiger partial charge in [-0.15, -0.1) is 0 Å². The van der Waals surface area contributed by atoms with E-state index in [9.17, 15) is 4.79 Å². The van der Waals surface area contributed by atoms with E-state index in [1.165, 1.54) is 24.0 Å². The standard InChI is InChI=1S/C14H18N2O/c17-14(16-7-10-5-6-10)13-9-15-8-11-3-1-2-4-12(11)13/h1-4,10,13,15H,5-9H2,(H,16,17). The number of hydrogen-bond acceptors (Lipinski definition) is 2. The van der Waals surface area contributed by atoms with Crippen LogP contribution in [0.1, 0.15) is 29.9 Å². The van der Waals surface area contributed by atoms with Crippen LogP contribution in [0.25, 0.3) is 0 Å². The molecule has 1 unspecified atom stereocenters. The lowest BCUT2D eigenvalue weighted by molar-refractivity contribution is -0.122. The minimum absolute atomic E-state index is 0.0151. The Balaban J connectivity index is 1.72. The molecule has 2 aliphatic rings.